The fourth-order valence-electron chi connectivity index (χ4n) is 2.13. The highest BCUT2D eigenvalue weighted by Gasteiger charge is 2.23. The number of nitrogens with one attached hydrogen (secondary N) is 1. The predicted molar refractivity (Wildman–Crippen MR) is 62.2 cm³/mol. The van der Waals surface area contributed by atoms with Crippen molar-refractivity contribution < 1.29 is 9.47 Å². The Hall–Kier alpha value is -0.120. The van der Waals surface area contributed by atoms with Gasteiger partial charge in [-0.15, -0.1) is 0 Å². The van der Waals surface area contributed by atoms with Crippen LogP contribution in [0.2, 0.25) is 0 Å². The van der Waals surface area contributed by atoms with E-state index in [9.17, 15) is 0 Å². The first-order valence-electron chi connectivity index (χ1n) is 6.25. The molecule has 1 saturated carbocycles. The van der Waals surface area contributed by atoms with E-state index in [0.29, 0.717) is 12.1 Å². The van der Waals surface area contributed by atoms with Crippen molar-refractivity contribution in [3.8, 4) is 0 Å². The van der Waals surface area contributed by atoms with Crippen LogP contribution in [0.15, 0.2) is 0 Å². The Kier molecular flexibility index (Phi) is 6.98. The van der Waals surface area contributed by atoms with Crippen LogP contribution in [0, 0.1) is 0 Å². The molecule has 15 heavy (non-hydrogen) atoms. The summed E-state index contributed by atoms with van der Waals surface area (Å²) in [5.41, 5.74) is 0. The average molecular weight is 215 g/mol. The summed E-state index contributed by atoms with van der Waals surface area (Å²) >= 11 is 0. The fourth-order valence-corrected chi connectivity index (χ4v) is 2.13. The van der Waals surface area contributed by atoms with Gasteiger partial charge in [0.05, 0.1) is 19.3 Å². The van der Waals surface area contributed by atoms with Crippen LogP contribution in [0.1, 0.15) is 39.0 Å². The van der Waals surface area contributed by atoms with Gasteiger partial charge in [-0.1, -0.05) is 19.8 Å². The van der Waals surface area contributed by atoms with E-state index in [-0.39, 0.29) is 0 Å². The number of ether oxygens (including phenoxy) is 2. The zero-order valence-electron chi connectivity index (χ0n) is 10.1. The highest BCUT2D eigenvalue weighted by Crippen LogP contribution is 2.20. The van der Waals surface area contributed by atoms with E-state index in [1.165, 1.54) is 25.7 Å². The molecule has 0 aromatic carbocycles. The third kappa shape index (κ3) is 4.96. The fraction of sp³-hybridized carbons (Fsp3) is 1.00. The molecule has 0 aromatic heterocycles. The van der Waals surface area contributed by atoms with Gasteiger partial charge in [0, 0.05) is 12.6 Å². The molecule has 2 unspecified atom stereocenters. The number of hydrogen-bond donors (Lipinski definition) is 1. The lowest BCUT2D eigenvalue weighted by Gasteiger charge is -2.31. The molecule has 0 aromatic rings. The minimum Gasteiger partial charge on any atom is -0.379 e. The summed E-state index contributed by atoms with van der Waals surface area (Å²) < 4.78 is 11.2. The molecule has 1 aliphatic carbocycles. The molecule has 1 fully saturated rings. The molecule has 1 rings (SSSR count). The van der Waals surface area contributed by atoms with Crippen LogP contribution >= 0.6 is 0 Å². The lowest BCUT2D eigenvalue weighted by atomic mass is 9.92. The number of hydrogen-bond acceptors (Lipinski definition) is 3. The van der Waals surface area contributed by atoms with Crippen LogP contribution in [0.5, 0.6) is 0 Å². The van der Waals surface area contributed by atoms with Crippen LogP contribution in [-0.2, 0) is 9.47 Å². The van der Waals surface area contributed by atoms with Crippen LogP contribution in [0.4, 0.5) is 0 Å². The third-order valence-corrected chi connectivity index (χ3v) is 2.98. The van der Waals surface area contributed by atoms with Crippen molar-refractivity contribution in [3.63, 3.8) is 0 Å². The van der Waals surface area contributed by atoms with E-state index in [2.05, 4.69) is 12.2 Å². The zero-order chi connectivity index (χ0) is 10.9. The van der Waals surface area contributed by atoms with E-state index >= 15 is 0 Å². The summed E-state index contributed by atoms with van der Waals surface area (Å²) in [6, 6.07) is 0.546. The lowest BCUT2D eigenvalue weighted by Crippen LogP contribution is -2.42. The minimum atomic E-state index is 0.397. The Morgan fingerprint density at radius 1 is 1.13 bits per heavy atom. The van der Waals surface area contributed by atoms with Gasteiger partial charge in [0.1, 0.15) is 0 Å². The molecule has 3 heteroatoms. The Labute approximate surface area is 93.5 Å². The van der Waals surface area contributed by atoms with E-state index in [4.69, 9.17) is 9.47 Å². The molecule has 90 valence electrons. The quantitative estimate of drug-likeness (QED) is 0.659. The molecule has 0 radical (unpaired) electrons. The molecular weight excluding hydrogens is 190 g/mol. The van der Waals surface area contributed by atoms with Crippen molar-refractivity contribution in [1.29, 1.82) is 0 Å². The maximum Gasteiger partial charge on any atom is 0.0729 e. The van der Waals surface area contributed by atoms with Crippen molar-refractivity contribution in [2.75, 3.05) is 26.9 Å². The molecule has 3 nitrogen and oxygen atoms in total. The van der Waals surface area contributed by atoms with Crippen molar-refractivity contribution >= 4 is 0 Å². The largest absolute Gasteiger partial charge is 0.379 e. The smallest absolute Gasteiger partial charge is 0.0729 e. The molecule has 0 spiro atoms. The van der Waals surface area contributed by atoms with E-state index in [0.717, 1.165) is 26.2 Å². The zero-order valence-corrected chi connectivity index (χ0v) is 10.1. The van der Waals surface area contributed by atoms with Crippen molar-refractivity contribution in [3.05, 3.63) is 0 Å². The predicted octanol–water partition coefficient (Wildman–Crippen LogP) is 1.96. The van der Waals surface area contributed by atoms with Crippen LogP contribution < -0.4 is 5.32 Å². The molecule has 2 atom stereocenters. The van der Waals surface area contributed by atoms with Gasteiger partial charge in [0.15, 0.2) is 0 Å². The summed E-state index contributed by atoms with van der Waals surface area (Å²) in [6.07, 6.45) is 6.56. The van der Waals surface area contributed by atoms with E-state index in [1.54, 1.807) is 0 Å². The number of rotatable bonds is 7. The summed E-state index contributed by atoms with van der Waals surface area (Å²) in [5.74, 6) is 0. The van der Waals surface area contributed by atoms with Gasteiger partial charge < -0.3 is 14.8 Å². The monoisotopic (exact) mass is 215 g/mol. The van der Waals surface area contributed by atoms with Crippen molar-refractivity contribution in [2.24, 2.45) is 0 Å². The second-order valence-electron chi connectivity index (χ2n) is 4.20. The first-order valence-corrected chi connectivity index (χ1v) is 6.25. The molecular formula is C12H25NO2. The van der Waals surface area contributed by atoms with Crippen molar-refractivity contribution in [2.45, 2.75) is 51.2 Å². The SMILES string of the molecule is CCCOCCOC1CCCCC1NC. The summed E-state index contributed by atoms with van der Waals surface area (Å²) in [7, 11) is 2.03. The molecule has 1 N–H and O–H groups in total. The molecule has 0 amide bonds. The molecule has 0 bridgehead atoms. The lowest BCUT2D eigenvalue weighted by molar-refractivity contribution is -0.0241. The third-order valence-electron chi connectivity index (χ3n) is 2.98. The molecule has 0 saturated heterocycles. The first-order chi connectivity index (χ1) is 7.38. The van der Waals surface area contributed by atoms with Crippen LogP contribution in [-0.4, -0.2) is 39.0 Å². The van der Waals surface area contributed by atoms with Gasteiger partial charge in [0.25, 0.3) is 0 Å². The van der Waals surface area contributed by atoms with Crippen LogP contribution in [0.25, 0.3) is 0 Å². The summed E-state index contributed by atoms with van der Waals surface area (Å²) in [6.45, 7) is 4.45. The minimum absolute atomic E-state index is 0.397. The second-order valence-corrected chi connectivity index (χ2v) is 4.20. The Balaban J connectivity index is 2.07. The average Bonchev–Trinajstić information content (AvgIpc) is 2.29. The van der Waals surface area contributed by atoms with Gasteiger partial charge >= 0.3 is 0 Å². The highest BCUT2D eigenvalue weighted by atomic mass is 16.5. The van der Waals surface area contributed by atoms with Gasteiger partial charge in [-0.2, -0.15) is 0 Å². The second kappa shape index (κ2) is 8.08. The topological polar surface area (TPSA) is 30.5 Å². The standard InChI is InChI=1S/C12H25NO2/c1-3-8-14-9-10-15-12-7-5-4-6-11(12)13-2/h11-13H,3-10H2,1-2H3. The van der Waals surface area contributed by atoms with Gasteiger partial charge in [-0.25, -0.2) is 0 Å². The number of likely N-dealkylation sites (N-methyl/N-ethyl adjacent to an activating group) is 1. The molecule has 0 heterocycles. The first kappa shape index (κ1) is 12.9. The Morgan fingerprint density at radius 2 is 1.93 bits per heavy atom. The summed E-state index contributed by atoms with van der Waals surface area (Å²) in [5, 5.41) is 3.34. The summed E-state index contributed by atoms with van der Waals surface area (Å²) in [4.78, 5) is 0. The highest BCUT2D eigenvalue weighted by molar-refractivity contribution is 4.80. The maximum atomic E-state index is 5.85. The Bertz CT molecular complexity index is 153. The normalized spacial score (nSPS) is 26.8. The van der Waals surface area contributed by atoms with E-state index in [1.807, 2.05) is 7.05 Å². The maximum absolute atomic E-state index is 5.85. The molecule has 0 aliphatic heterocycles. The van der Waals surface area contributed by atoms with Crippen LogP contribution in [0.3, 0.4) is 0 Å². The van der Waals surface area contributed by atoms with Crippen molar-refractivity contribution in [1.82, 2.24) is 5.32 Å². The van der Waals surface area contributed by atoms with Gasteiger partial charge in [-0.05, 0) is 26.3 Å². The van der Waals surface area contributed by atoms with Gasteiger partial charge in [-0.3, -0.25) is 0 Å². The molecule has 1 aliphatic rings. The Morgan fingerprint density at radius 3 is 2.67 bits per heavy atom. The van der Waals surface area contributed by atoms with Gasteiger partial charge in [0.2, 0.25) is 0 Å². The van der Waals surface area contributed by atoms with E-state index < -0.39 is 0 Å².